The van der Waals surface area contributed by atoms with Crippen molar-refractivity contribution in [2.45, 2.75) is 52.5 Å². The molecule has 0 fully saturated rings. The van der Waals surface area contributed by atoms with Gasteiger partial charge in [0.15, 0.2) is 0 Å². The van der Waals surface area contributed by atoms with Gasteiger partial charge in [0.2, 0.25) is 0 Å². The fourth-order valence-corrected chi connectivity index (χ4v) is 3.51. The van der Waals surface area contributed by atoms with E-state index in [2.05, 4.69) is 49.4 Å². The summed E-state index contributed by atoms with van der Waals surface area (Å²) in [5, 5.41) is 7.64. The van der Waals surface area contributed by atoms with Crippen LogP contribution in [0, 0.1) is 5.92 Å². The first-order chi connectivity index (χ1) is 11.3. The molecule has 0 spiro atoms. The number of hydrogen-bond donors (Lipinski definition) is 3. The van der Waals surface area contributed by atoms with E-state index in [0.717, 1.165) is 36.4 Å². The Hall–Kier alpha value is -1.81. The van der Waals surface area contributed by atoms with Crippen LogP contribution >= 0.6 is 0 Å². The first kappa shape index (κ1) is 17.0. The molecule has 3 rings (SSSR count). The zero-order chi connectivity index (χ0) is 17.3. The summed E-state index contributed by atoms with van der Waals surface area (Å²) in [4.78, 5) is 16.1. The summed E-state index contributed by atoms with van der Waals surface area (Å²) in [6.07, 6.45) is 3.41. The number of carbonyl (C=O) groups is 1. The van der Waals surface area contributed by atoms with Crippen molar-refractivity contribution in [3.05, 3.63) is 35.0 Å². The van der Waals surface area contributed by atoms with Crippen LogP contribution in [-0.2, 0) is 12.8 Å². The Bertz CT molecular complexity index is 739. The molecular weight excluding hydrogens is 298 g/mol. The van der Waals surface area contributed by atoms with Crippen LogP contribution in [0.3, 0.4) is 0 Å². The zero-order valence-electron chi connectivity index (χ0n) is 15.3. The van der Waals surface area contributed by atoms with Crippen molar-refractivity contribution >= 4 is 16.8 Å². The standard InChI is InChI=1S/C20H29N3O/c1-13-8-9-17-16(12-13)14-6-5-7-15(18(14)23-17)19(24)21-10-11-22-20(2,3)4/h5-7,13,22-23H,8-12H2,1-4H3,(H,21,24). The van der Waals surface area contributed by atoms with Crippen molar-refractivity contribution in [2.75, 3.05) is 13.1 Å². The molecule has 0 aliphatic heterocycles. The van der Waals surface area contributed by atoms with Gasteiger partial charge in [-0.15, -0.1) is 0 Å². The third kappa shape index (κ3) is 3.64. The van der Waals surface area contributed by atoms with E-state index in [4.69, 9.17) is 0 Å². The Labute approximate surface area is 144 Å². The molecule has 4 nitrogen and oxygen atoms in total. The van der Waals surface area contributed by atoms with Crippen molar-refractivity contribution in [3.63, 3.8) is 0 Å². The van der Waals surface area contributed by atoms with E-state index in [9.17, 15) is 4.79 Å². The number of nitrogens with one attached hydrogen (secondary N) is 3. The first-order valence-corrected chi connectivity index (χ1v) is 9.01. The highest BCUT2D eigenvalue weighted by Crippen LogP contribution is 2.32. The van der Waals surface area contributed by atoms with Gasteiger partial charge in [-0.3, -0.25) is 4.79 Å². The Morgan fingerprint density at radius 3 is 2.83 bits per heavy atom. The Morgan fingerprint density at radius 2 is 2.08 bits per heavy atom. The van der Waals surface area contributed by atoms with E-state index in [-0.39, 0.29) is 11.4 Å². The van der Waals surface area contributed by atoms with Crippen molar-refractivity contribution in [3.8, 4) is 0 Å². The summed E-state index contributed by atoms with van der Waals surface area (Å²) in [5.41, 5.74) is 4.55. The predicted molar refractivity (Wildman–Crippen MR) is 99.6 cm³/mol. The van der Waals surface area contributed by atoms with Crippen LogP contribution in [0.2, 0.25) is 0 Å². The van der Waals surface area contributed by atoms with Crippen molar-refractivity contribution in [2.24, 2.45) is 5.92 Å². The Balaban J connectivity index is 1.76. The van der Waals surface area contributed by atoms with E-state index in [1.807, 2.05) is 12.1 Å². The summed E-state index contributed by atoms with van der Waals surface area (Å²) in [7, 11) is 0. The lowest BCUT2D eigenvalue weighted by molar-refractivity contribution is 0.0954. The Kier molecular flexibility index (Phi) is 4.68. The summed E-state index contributed by atoms with van der Waals surface area (Å²) in [5.74, 6) is 0.723. The number of amides is 1. The minimum atomic E-state index is 0.00274. The molecule has 1 atom stereocenters. The molecule has 1 unspecified atom stereocenters. The van der Waals surface area contributed by atoms with Crippen LogP contribution in [0.5, 0.6) is 0 Å². The van der Waals surface area contributed by atoms with Gasteiger partial charge in [0.1, 0.15) is 0 Å². The van der Waals surface area contributed by atoms with Crippen LogP contribution < -0.4 is 10.6 Å². The van der Waals surface area contributed by atoms with Gasteiger partial charge in [0, 0.05) is 29.7 Å². The second-order valence-corrected chi connectivity index (χ2v) is 8.09. The van der Waals surface area contributed by atoms with Gasteiger partial charge in [-0.1, -0.05) is 19.1 Å². The average Bonchev–Trinajstić information content (AvgIpc) is 2.88. The summed E-state index contributed by atoms with van der Waals surface area (Å²) in [6.45, 7) is 10.1. The fourth-order valence-electron chi connectivity index (χ4n) is 3.51. The number of fused-ring (bicyclic) bond motifs is 3. The van der Waals surface area contributed by atoms with Crippen molar-refractivity contribution in [1.82, 2.24) is 15.6 Å². The number of carbonyl (C=O) groups excluding carboxylic acids is 1. The largest absolute Gasteiger partial charge is 0.358 e. The van der Waals surface area contributed by atoms with Gasteiger partial charge in [0.05, 0.1) is 11.1 Å². The lowest BCUT2D eigenvalue weighted by atomic mass is 9.87. The van der Waals surface area contributed by atoms with Gasteiger partial charge < -0.3 is 15.6 Å². The highest BCUT2D eigenvalue weighted by Gasteiger charge is 2.22. The average molecular weight is 327 g/mol. The van der Waals surface area contributed by atoms with Gasteiger partial charge in [0.25, 0.3) is 5.91 Å². The number of aryl methyl sites for hydroxylation is 1. The molecule has 3 N–H and O–H groups in total. The Morgan fingerprint density at radius 1 is 1.29 bits per heavy atom. The van der Waals surface area contributed by atoms with Crippen molar-refractivity contribution < 1.29 is 4.79 Å². The zero-order valence-corrected chi connectivity index (χ0v) is 15.3. The number of aromatic amines is 1. The number of benzene rings is 1. The lowest BCUT2D eigenvalue weighted by Gasteiger charge is -2.20. The topological polar surface area (TPSA) is 56.9 Å². The first-order valence-electron chi connectivity index (χ1n) is 9.01. The van der Waals surface area contributed by atoms with Crippen molar-refractivity contribution in [1.29, 1.82) is 0 Å². The molecule has 1 heterocycles. The molecule has 0 radical (unpaired) electrons. The van der Waals surface area contributed by atoms with Crippen LogP contribution in [0.25, 0.3) is 10.9 Å². The molecule has 1 amide bonds. The van der Waals surface area contributed by atoms with Gasteiger partial charge in [-0.05, 0) is 57.6 Å². The third-order valence-corrected chi connectivity index (χ3v) is 4.78. The summed E-state index contributed by atoms with van der Waals surface area (Å²) >= 11 is 0. The smallest absolute Gasteiger partial charge is 0.253 e. The second kappa shape index (κ2) is 6.60. The minimum Gasteiger partial charge on any atom is -0.358 e. The molecule has 1 aliphatic carbocycles. The van der Waals surface area contributed by atoms with E-state index < -0.39 is 0 Å². The molecule has 4 heteroatoms. The number of para-hydroxylation sites is 1. The third-order valence-electron chi connectivity index (χ3n) is 4.78. The number of aromatic nitrogens is 1. The molecule has 0 bridgehead atoms. The highest BCUT2D eigenvalue weighted by atomic mass is 16.1. The SMILES string of the molecule is CC1CCc2[nH]c3c(C(=O)NCCNC(C)(C)C)cccc3c2C1. The molecule has 0 saturated carbocycles. The van der Waals surface area contributed by atoms with Crippen LogP contribution in [-0.4, -0.2) is 29.5 Å². The monoisotopic (exact) mass is 327 g/mol. The molecule has 1 aromatic heterocycles. The van der Waals surface area contributed by atoms with Gasteiger partial charge in [-0.25, -0.2) is 0 Å². The molecular formula is C20H29N3O. The van der Waals surface area contributed by atoms with Gasteiger partial charge >= 0.3 is 0 Å². The molecule has 1 aromatic carbocycles. The van der Waals surface area contributed by atoms with Gasteiger partial charge in [-0.2, -0.15) is 0 Å². The van der Waals surface area contributed by atoms with E-state index in [1.165, 1.54) is 23.1 Å². The van der Waals surface area contributed by atoms with Crippen LogP contribution in [0.4, 0.5) is 0 Å². The van der Waals surface area contributed by atoms with E-state index in [0.29, 0.717) is 6.54 Å². The van der Waals surface area contributed by atoms with E-state index >= 15 is 0 Å². The van der Waals surface area contributed by atoms with E-state index in [1.54, 1.807) is 0 Å². The summed E-state index contributed by atoms with van der Waals surface area (Å²) in [6, 6.07) is 6.05. The minimum absolute atomic E-state index is 0.00274. The normalized spacial score (nSPS) is 17.8. The maximum atomic E-state index is 12.6. The number of rotatable bonds is 4. The number of H-pyrrole nitrogens is 1. The quantitative estimate of drug-likeness (QED) is 0.754. The molecule has 2 aromatic rings. The summed E-state index contributed by atoms with van der Waals surface area (Å²) < 4.78 is 0. The predicted octanol–water partition coefficient (Wildman–Crippen LogP) is 3.41. The second-order valence-electron chi connectivity index (χ2n) is 8.09. The van der Waals surface area contributed by atoms with Crippen LogP contribution in [0.1, 0.15) is 55.7 Å². The molecule has 130 valence electrons. The lowest BCUT2D eigenvalue weighted by Crippen LogP contribution is -2.41. The molecule has 0 saturated heterocycles. The fraction of sp³-hybridized carbons (Fsp3) is 0.550. The molecule has 1 aliphatic rings. The highest BCUT2D eigenvalue weighted by molar-refractivity contribution is 6.06. The maximum Gasteiger partial charge on any atom is 0.253 e. The maximum absolute atomic E-state index is 12.6. The number of hydrogen-bond acceptors (Lipinski definition) is 2. The van der Waals surface area contributed by atoms with Crippen LogP contribution in [0.15, 0.2) is 18.2 Å². The molecule has 24 heavy (non-hydrogen) atoms.